The van der Waals surface area contributed by atoms with Crippen LogP contribution in [0.25, 0.3) is 55.6 Å². The van der Waals surface area contributed by atoms with Crippen LogP contribution in [0.1, 0.15) is 162 Å². The van der Waals surface area contributed by atoms with E-state index in [1.54, 1.807) is 6.07 Å². The molecule has 23 heteroatoms. The summed E-state index contributed by atoms with van der Waals surface area (Å²) < 4.78 is 0. The first kappa shape index (κ1) is 68.4. The molecule has 5 aromatic heterocycles. The molecule has 8 heterocycles. The van der Waals surface area contributed by atoms with Crippen molar-refractivity contribution in [1.82, 2.24) is 62.0 Å². The fraction of sp³-hybridized carbons (Fsp3) is 0.415. The van der Waals surface area contributed by atoms with E-state index in [1.807, 2.05) is 102 Å². The van der Waals surface area contributed by atoms with Gasteiger partial charge in [0.05, 0.1) is 56.5 Å². The molecule has 3 aliphatic heterocycles. The van der Waals surface area contributed by atoms with Crippen molar-refractivity contribution in [3.05, 3.63) is 112 Å². The Balaban J connectivity index is 0.000000192. The molecule has 1 fully saturated rings. The number of carboxylic acid groups (broad SMARTS) is 1. The summed E-state index contributed by atoms with van der Waals surface area (Å²) in [6.45, 7) is 31.6. The van der Waals surface area contributed by atoms with Gasteiger partial charge in [0.1, 0.15) is 39.8 Å². The summed E-state index contributed by atoms with van der Waals surface area (Å²) in [6, 6.07) is 21.6. The quantitative estimate of drug-likeness (QED) is 0.0403. The third kappa shape index (κ3) is 18.0. The molecule has 3 atom stereocenters. The Morgan fingerprint density at radius 3 is 1.25 bits per heavy atom. The van der Waals surface area contributed by atoms with Crippen molar-refractivity contribution in [1.29, 1.82) is 0 Å². The number of nitrogens with zero attached hydrogens (tertiary/aromatic N) is 6. The standard InChI is InChI=1S/2C21H25N5O.C15H18BrN3O.C6H9NO2.C2H4O2.H3N/c2*1-11-9-16-14(20(27)22-11)10-17(24-16)13-7-6-8-15-18(13)25-19(12(2)23-15)26-21(3,4)5;1-9-14(19-15(2,3)4)18-13-10(12(20)8-16)6-5-7-11(13)17-9;1-4-2-5(8)3-6(9)7-4;1-2(3)4;/h2*6-8,10-11,24H,9H2,1-5H3,(H,22,27)(H,25,26);5-7H,8H2,1-4H3,(H,18,19);4H,2-3H2,1H3,(H,7,9);1H3,(H,3,4);1H3/t2*11-;;;;/m10..../s1. The number of amides is 3. The van der Waals surface area contributed by atoms with Gasteiger partial charge in [-0.05, 0) is 140 Å². The van der Waals surface area contributed by atoms with E-state index in [2.05, 4.69) is 130 Å². The van der Waals surface area contributed by atoms with E-state index in [0.717, 1.165) is 116 Å². The number of Topliss-reactive ketones (excluding diaryl/α,β-unsaturated/α-hetero) is 2. The Morgan fingerprint density at radius 2 is 0.898 bits per heavy atom. The summed E-state index contributed by atoms with van der Waals surface area (Å²) >= 11 is 3.21. The largest absolute Gasteiger partial charge is 0.481 e. The molecule has 3 aromatic carbocycles. The predicted molar refractivity (Wildman–Crippen MR) is 352 cm³/mol. The predicted octanol–water partition coefficient (Wildman–Crippen LogP) is 11.5. The number of anilines is 3. The van der Waals surface area contributed by atoms with Gasteiger partial charge in [0.25, 0.3) is 17.8 Å². The normalized spacial score (nSPS) is 16.2. The number of aryl methyl sites for hydroxylation is 3. The van der Waals surface area contributed by atoms with Crippen molar-refractivity contribution in [2.45, 2.75) is 171 Å². The number of halogens is 1. The van der Waals surface area contributed by atoms with Gasteiger partial charge >= 0.3 is 0 Å². The molecule has 11 rings (SSSR count). The number of H-pyrrole nitrogens is 2. The van der Waals surface area contributed by atoms with Gasteiger partial charge in [0, 0.05) is 100 Å². The number of carbonyl (C=O) groups excluding carboxylic acids is 5. The zero-order valence-corrected chi connectivity index (χ0v) is 54.9. The first-order chi connectivity index (χ1) is 40.6. The van der Waals surface area contributed by atoms with Crippen molar-refractivity contribution in [2.75, 3.05) is 21.3 Å². The topological polar surface area (TPSA) is 339 Å². The fourth-order valence-electron chi connectivity index (χ4n) is 9.95. The number of aromatic amines is 2. The van der Waals surface area contributed by atoms with Crippen LogP contribution < -0.4 is 38.1 Å². The van der Waals surface area contributed by atoms with Crippen molar-refractivity contribution >= 4 is 102 Å². The Labute approximate surface area is 522 Å². The van der Waals surface area contributed by atoms with Gasteiger partial charge in [-0.25, -0.2) is 29.9 Å². The number of nitrogens with one attached hydrogen (secondary N) is 8. The van der Waals surface area contributed by atoms with Crippen molar-refractivity contribution in [3.63, 3.8) is 0 Å². The Morgan fingerprint density at radius 1 is 0.545 bits per heavy atom. The average Bonchev–Trinajstić information content (AvgIpc) is 1.92. The summed E-state index contributed by atoms with van der Waals surface area (Å²) in [7, 11) is 0. The number of ketones is 2. The number of piperidine rings is 1. The maximum Gasteiger partial charge on any atom is 0.300 e. The smallest absolute Gasteiger partial charge is 0.300 e. The Bertz CT molecular complexity index is 3740. The summed E-state index contributed by atoms with van der Waals surface area (Å²) in [4.78, 5) is 102. The van der Waals surface area contributed by atoms with Crippen molar-refractivity contribution in [3.8, 4) is 22.5 Å². The second-order valence-corrected chi connectivity index (χ2v) is 26.0. The number of alkyl halides is 1. The van der Waals surface area contributed by atoms with E-state index in [0.29, 0.717) is 28.6 Å². The van der Waals surface area contributed by atoms with Crippen LogP contribution in [0.15, 0.2) is 66.7 Å². The number of para-hydroxylation sites is 3. The Hall–Kier alpha value is -8.70. The zero-order chi connectivity index (χ0) is 64.0. The first-order valence-corrected chi connectivity index (χ1v) is 30.1. The molecule has 0 saturated carbocycles. The highest BCUT2D eigenvalue weighted by Crippen LogP contribution is 2.34. The van der Waals surface area contributed by atoms with Gasteiger partial charge in [-0.2, -0.15) is 0 Å². The third-order valence-corrected chi connectivity index (χ3v) is 14.0. The van der Waals surface area contributed by atoms with E-state index >= 15 is 0 Å². The van der Waals surface area contributed by atoms with Crippen molar-refractivity contribution in [2.24, 2.45) is 0 Å². The number of aliphatic carboxylic acids is 1. The summed E-state index contributed by atoms with van der Waals surface area (Å²) in [5.41, 5.74) is 14.6. The molecule has 0 spiro atoms. The highest BCUT2D eigenvalue weighted by Gasteiger charge is 2.28. The number of benzene rings is 3. The van der Waals surface area contributed by atoms with Gasteiger partial charge in [-0.1, -0.05) is 46.3 Å². The van der Waals surface area contributed by atoms with Crippen LogP contribution in [0.5, 0.6) is 0 Å². The van der Waals surface area contributed by atoms with Crippen LogP contribution in [0, 0.1) is 20.8 Å². The van der Waals surface area contributed by atoms with Crippen LogP contribution in [0.2, 0.25) is 0 Å². The van der Waals surface area contributed by atoms with Gasteiger partial charge in [0.2, 0.25) is 5.91 Å². The maximum atomic E-state index is 12.3. The minimum Gasteiger partial charge on any atom is -0.481 e. The highest BCUT2D eigenvalue weighted by atomic mass is 79.9. The molecule has 0 bridgehead atoms. The molecular formula is C65H84BrN15O7. The van der Waals surface area contributed by atoms with E-state index in [9.17, 15) is 24.0 Å². The third-order valence-electron chi connectivity index (χ3n) is 13.5. The maximum absolute atomic E-state index is 12.3. The van der Waals surface area contributed by atoms with Gasteiger partial charge < -0.3 is 53.1 Å². The van der Waals surface area contributed by atoms with Gasteiger partial charge in [-0.15, -0.1) is 0 Å². The minimum absolute atomic E-state index is 0. The van der Waals surface area contributed by atoms with Crippen LogP contribution in [0.3, 0.4) is 0 Å². The zero-order valence-electron chi connectivity index (χ0n) is 53.3. The minimum atomic E-state index is -0.833. The molecule has 1 saturated heterocycles. The summed E-state index contributed by atoms with van der Waals surface area (Å²) in [5, 5.41) is 26.5. The van der Waals surface area contributed by atoms with Crippen LogP contribution in [-0.2, 0) is 27.2 Å². The molecule has 1 unspecified atom stereocenters. The number of carbonyl (C=O) groups is 6. The van der Waals surface area contributed by atoms with Crippen LogP contribution in [-0.4, -0.2) is 120 Å². The lowest BCUT2D eigenvalue weighted by Gasteiger charge is -2.22. The molecule has 3 aliphatic rings. The first-order valence-electron chi connectivity index (χ1n) is 29.0. The van der Waals surface area contributed by atoms with E-state index in [4.69, 9.17) is 29.8 Å². The monoisotopic (exact) mass is 1270 g/mol. The molecule has 3 amide bonds. The van der Waals surface area contributed by atoms with E-state index in [1.165, 1.54) is 0 Å². The van der Waals surface area contributed by atoms with Crippen molar-refractivity contribution < 1.29 is 33.9 Å². The molecule has 0 radical (unpaired) electrons. The molecule has 88 heavy (non-hydrogen) atoms. The van der Waals surface area contributed by atoms with E-state index in [-0.39, 0.29) is 81.9 Å². The van der Waals surface area contributed by atoms with Crippen LogP contribution in [0.4, 0.5) is 17.5 Å². The summed E-state index contributed by atoms with van der Waals surface area (Å²) in [5.74, 6) is 1.32. The average molecular weight is 1270 g/mol. The van der Waals surface area contributed by atoms with E-state index < -0.39 is 5.97 Å². The molecule has 22 nitrogen and oxygen atoms in total. The molecule has 0 aliphatic carbocycles. The second kappa shape index (κ2) is 28.0. The second-order valence-electron chi connectivity index (χ2n) is 25.4. The number of carboxylic acids is 1. The Kier molecular flexibility index (Phi) is 21.8. The number of hydrogen-bond donors (Lipinski definition) is 10. The number of aromatic nitrogens is 8. The summed E-state index contributed by atoms with van der Waals surface area (Å²) in [6.07, 6.45) is 2.16. The lowest BCUT2D eigenvalue weighted by Crippen LogP contribution is -2.40. The SMILES string of the molecule is CC(=O)O.CC1CC(=O)CC(=O)N1.Cc1nc2cccc(-c3cc4c([nH]3)C[C@@H](C)NC4=O)c2nc1NC(C)(C)C.Cc1nc2cccc(-c3cc4c([nH]3)C[C@H](C)NC4=O)c2nc1NC(C)(C)C.Cc1nc2cccc(C(=O)CBr)c2nc1NC(C)(C)C.N. The molecular weight excluding hydrogens is 1180 g/mol. The lowest BCUT2D eigenvalue weighted by atomic mass is 10.0. The number of rotatable bonds is 7. The molecule has 12 N–H and O–H groups in total. The fourth-order valence-corrected chi connectivity index (χ4v) is 10.3. The molecule has 468 valence electrons. The van der Waals surface area contributed by atoms with Gasteiger partial charge in [-0.3, -0.25) is 28.8 Å². The van der Waals surface area contributed by atoms with Gasteiger partial charge in [0.15, 0.2) is 5.78 Å². The lowest BCUT2D eigenvalue weighted by molar-refractivity contribution is -0.135. The highest BCUT2D eigenvalue weighted by molar-refractivity contribution is 9.09. The molecule has 8 aromatic rings. The number of hydrogen-bond acceptors (Lipinski definition) is 16. The number of fused-ring (bicyclic) bond motifs is 5. The van der Waals surface area contributed by atoms with Crippen LogP contribution >= 0.6 is 15.9 Å².